The summed E-state index contributed by atoms with van der Waals surface area (Å²) in [6, 6.07) is 8.45. The van der Waals surface area contributed by atoms with Gasteiger partial charge in [0.1, 0.15) is 0 Å². The summed E-state index contributed by atoms with van der Waals surface area (Å²) in [7, 11) is 0. The molecule has 1 N–H and O–H groups in total. The first-order valence-corrected chi connectivity index (χ1v) is 6.64. The summed E-state index contributed by atoms with van der Waals surface area (Å²) < 4.78 is 1.14. The minimum absolute atomic E-state index is 0.176. The molecule has 1 unspecified atom stereocenters. The Kier molecular flexibility index (Phi) is 3.15. The van der Waals surface area contributed by atoms with Crippen LogP contribution in [-0.4, -0.2) is 11.7 Å². The molecule has 0 saturated heterocycles. The third-order valence-electron chi connectivity index (χ3n) is 4.17. The third kappa shape index (κ3) is 2.18. The lowest BCUT2D eigenvalue weighted by Crippen LogP contribution is -2.15. The highest BCUT2D eigenvalue weighted by Crippen LogP contribution is 2.65. The van der Waals surface area contributed by atoms with Crippen molar-refractivity contribution in [3.8, 4) is 0 Å². The molecule has 1 aliphatic rings. The summed E-state index contributed by atoms with van der Waals surface area (Å²) in [6.45, 7) is 4.84. The summed E-state index contributed by atoms with van der Waals surface area (Å²) in [5.41, 5.74) is 1.85. The zero-order chi connectivity index (χ0) is 11.8. The molecule has 2 heteroatoms. The van der Waals surface area contributed by atoms with Crippen LogP contribution in [-0.2, 0) is 6.42 Å². The lowest BCUT2D eigenvalue weighted by molar-refractivity contribution is 0.171. The minimum Gasteiger partial charge on any atom is -0.396 e. The Morgan fingerprint density at radius 1 is 1.38 bits per heavy atom. The van der Waals surface area contributed by atoms with Gasteiger partial charge in [0.25, 0.3) is 0 Å². The molecule has 16 heavy (non-hydrogen) atoms. The number of hydrogen-bond donors (Lipinski definition) is 1. The van der Waals surface area contributed by atoms with Crippen molar-refractivity contribution in [2.45, 2.75) is 33.1 Å². The van der Waals surface area contributed by atoms with Crippen molar-refractivity contribution in [1.82, 2.24) is 0 Å². The van der Waals surface area contributed by atoms with Crippen LogP contribution in [0.5, 0.6) is 0 Å². The Bertz CT molecular complexity index is 386. The highest BCUT2D eigenvalue weighted by Gasteiger charge is 2.59. The Labute approximate surface area is 106 Å². The first kappa shape index (κ1) is 12.1. The molecule has 1 aromatic carbocycles. The van der Waals surface area contributed by atoms with Gasteiger partial charge in [-0.05, 0) is 47.8 Å². The fourth-order valence-corrected chi connectivity index (χ4v) is 3.10. The molecule has 0 aliphatic heterocycles. The predicted molar refractivity (Wildman–Crippen MR) is 70.4 cm³/mol. The molecular weight excluding hydrogens is 264 g/mol. The van der Waals surface area contributed by atoms with Gasteiger partial charge in [0, 0.05) is 11.1 Å². The summed E-state index contributed by atoms with van der Waals surface area (Å²) >= 11 is 3.49. The fourth-order valence-electron chi connectivity index (χ4n) is 2.65. The number of aliphatic hydroxyl groups is 1. The first-order valence-electron chi connectivity index (χ1n) is 5.84. The lowest BCUT2D eigenvalue weighted by Gasteiger charge is -2.17. The molecule has 88 valence electrons. The van der Waals surface area contributed by atoms with Crippen molar-refractivity contribution in [2.24, 2.45) is 10.8 Å². The fraction of sp³-hybridized carbons (Fsp3) is 0.571. The van der Waals surface area contributed by atoms with Crippen molar-refractivity contribution in [2.75, 3.05) is 6.61 Å². The van der Waals surface area contributed by atoms with E-state index in [2.05, 4.69) is 48.0 Å². The summed E-state index contributed by atoms with van der Waals surface area (Å²) in [5.74, 6) is 0. The quantitative estimate of drug-likeness (QED) is 0.891. The highest BCUT2D eigenvalue weighted by atomic mass is 79.9. The molecule has 0 aromatic heterocycles. The molecule has 1 aromatic rings. The van der Waals surface area contributed by atoms with Crippen molar-refractivity contribution < 1.29 is 5.11 Å². The minimum atomic E-state index is 0.176. The molecule has 0 heterocycles. The van der Waals surface area contributed by atoms with Crippen LogP contribution < -0.4 is 0 Å². The molecule has 1 fully saturated rings. The Hall–Kier alpha value is -0.340. The average Bonchev–Trinajstić information content (AvgIpc) is 2.79. The second-order valence-electron chi connectivity index (χ2n) is 5.63. The number of hydrogen-bond acceptors (Lipinski definition) is 1. The van der Waals surface area contributed by atoms with E-state index < -0.39 is 0 Å². The molecule has 1 nitrogen and oxygen atoms in total. The van der Waals surface area contributed by atoms with Crippen LogP contribution in [0.4, 0.5) is 0 Å². The van der Waals surface area contributed by atoms with Gasteiger partial charge >= 0.3 is 0 Å². The SMILES string of the molecule is CC1(C)CC1(CO)CCc1cccc(Br)c1. The van der Waals surface area contributed by atoms with Crippen molar-refractivity contribution in [1.29, 1.82) is 0 Å². The van der Waals surface area contributed by atoms with E-state index in [-0.39, 0.29) is 5.41 Å². The molecule has 1 atom stereocenters. The molecular formula is C14H19BrO. The van der Waals surface area contributed by atoms with Crippen LogP contribution >= 0.6 is 15.9 Å². The lowest BCUT2D eigenvalue weighted by atomic mass is 9.90. The molecule has 0 bridgehead atoms. The summed E-state index contributed by atoms with van der Waals surface area (Å²) in [4.78, 5) is 0. The zero-order valence-electron chi connectivity index (χ0n) is 9.96. The Balaban J connectivity index is 1.98. The maximum Gasteiger partial charge on any atom is 0.0492 e. The third-order valence-corrected chi connectivity index (χ3v) is 4.67. The molecule has 1 aliphatic carbocycles. The number of rotatable bonds is 4. The van der Waals surface area contributed by atoms with Gasteiger partial charge in [-0.1, -0.05) is 41.9 Å². The van der Waals surface area contributed by atoms with E-state index in [9.17, 15) is 5.11 Å². The van der Waals surface area contributed by atoms with Crippen LogP contribution in [0.1, 0.15) is 32.3 Å². The second kappa shape index (κ2) is 4.15. The van der Waals surface area contributed by atoms with Crippen LogP contribution in [0.3, 0.4) is 0 Å². The van der Waals surface area contributed by atoms with E-state index in [1.165, 1.54) is 5.56 Å². The van der Waals surface area contributed by atoms with E-state index in [0.29, 0.717) is 12.0 Å². The normalized spacial score (nSPS) is 26.8. The smallest absolute Gasteiger partial charge is 0.0492 e. The van der Waals surface area contributed by atoms with Gasteiger partial charge < -0.3 is 5.11 Å². The van der Waals surface area contributed by atoms with E-state index in [4.69, 9.17) is 0 Å². The maximum absolute atomic E-state index is 9.52. The number of aryl methyl sites for hydroxylation is 1. The summed E-state index contributed by atoms with van der Waals surface area (Å²) in [5, 5.41) is 9.52. The van der Waals surface area contributed by atoms with Crippen LogP contribution in [0, 0.1) is 10.8 Å². The number of aliphatic hydroxyl groups excluding tert-OH is 1. The van der Waals surface area contributed by atoms with Crippen LogP contribution in [0.25, 0.3) is 0 Å². The van der Waals surface area contributed by atoms with Gasteiger partial charge in [0.2, 0.25) is 0 Å². The number of halogens is 1. The molecule has 2 rings (SSSR count). The van der Waals surface area contributed by atoms with Crippen LogP contribution in [0.2, 0.25) is 0 Å². The van der Waals surface area contributed by atoms with Crippen LogP contribution in [0.15, 0.2) is 28.7 Å². The predicted octanol–water partition coefficient (Wildman–Crippen LogP) is 3.79. The van der Waals surface area contributed by atoms with E-state index in [1.54, 1.807) is 0 Å². The van der Waals surface area contributed by atoms with Gasteiger partial charge in [0.05, 0.1) is 0 Å². The Morgan fingerprint density at radius 2 is 2.06 bits per heavy atom. The average molecular weight is 283 g/mol. The Morgan fingerprint density at radius 3 is 2.56 bits per heavy atom. The first-order chi connectivity index (χ1) is 7.49. The topological polar surface area (TPSA) is 20.2 Å². The van der Waals surface area contributed by atoms with Gasteiger partial charge in [-0.15, -0.1) is 0 Å². The number of benzene rings is 1. The maximum atomic E-state index is 9.52. The molecule has 1 saturated carbocycles. The largest absolute Gasteiger partial charge is 0.396 e. The standard InChI is InChI=1S/C14H19BrO/c1-13(2)9-14(13,10-16)7-6-11-4-3-5-12(15)8-11/h3-5,8,16H,6-7,9-10H2,1-2H3. The summed E-state index contributed by atoms with van der Waals surface area (Å²) in [6.07, 6.45) is 3.31. The van der Waals surface area contributed by atoms with Gasteiger partial charge in [-0.25, -0.2) is 0 Å². The second-order valence-corrected chi connectivity index (χ2v) is 6.54. The highest BCUT2D eigenvalue weighted by molar-refractivity contribution is 9.10. The van der Waals surface area contributed by atoms with E-state index in [1.807, 2.05) is 6.07 Å². The van der Waals surface area contributed by atoms with Gasteiger partial charge in [-0.2, -0.15) is 0 Å². The molecule has 0 spiro atoms. The van der Waals surface area contributed by atoms with E-state index >= 15 is 0 Å². The molecule has 0 radical (unpaired) electrons. The van der Waals surface area contributed by atoms with Crippen molar-refractivity contribution in [3.05, 3.63) is 34.3 Å². The van der Waals surface area contributed by atoms with Crippen molar-refractivity contribution in [3.63, 3.8) is 0 Å². The molecule has 0 amide bonds. The monoisotopic (exact) mass is 282 g/mol. The zero-order valence-corrected chi connectivity index (χ0v) is 11.5. The van der Waals surface area contributed by atoms with Gasteiger partial charge in [-0.3, -0.25) is 0 Å². The van der Waals surface area contributed by atoms with E-state index in [0.717, 1.165) is 23.7 Å². The van der Waals surface area contributed by atoms with Crippen molar-refractivity contribution >= 4 is 15.9 Å². The van der Waals surface area contributed by atoms with Gasteiger partial charge in [0.15, 0.2) is 0 Å².